The first-order valence-electron chi connectivity index (χ1n) is 6.43. The van der Waals surface area contributed by atoms with E-state index in [1.54, 1.807) is 12.1 Å². The Labute approximate surface area is 118 Å². The molecule has 0 aliphatic carbocycles. The highest BCUT2D eigenvalue weighted by Gasteiger charge is 2.21. The standard InChI is InChI=1S/C14H20N2O4/c1-9(2)6-12(14(18)19)16-13(17)7-10-4-5-11(20-3)8-15-10/h4-5,8-9,12H,6-7H2,1-3H3,(H,16,17)(H,18,19). The van der Waals surface area contributed by atoms with E-state index in [1.165, 1.54) is 13.3 Å². The van der Waals surface area contributed by atoms with E-state index in [-0.39, 0.29) is 18.2 Å². The molecule has 1 heterocycles. The molecule has 1 aromatic rings. The minimum absolute atomic E-state index is 0.0475. The summed E-state index contributed by atoms with van der Waals surface area (Å²) >= 11 is 0. The zero-order valence-corrected chi connectivity index (χ0v) is 11.9. The molecule has 1 rings (SSSR count). The van der Waals surface area contributed by atoms with Crippen LogP contribution in [0.1, 0.15) is 26.0 Å². The molecular weight excluding hydrogens is 260 g/mol. The van der Waals surface area contributed by atoms with Crippen LogP contribution < -0.4 is 10.1 Å². The van der Waals surface area contributed by atoms with Crippen molar-refractivity contribution in [2.45, 2.75) is 32.7 Å². The molecule has 0 fully saturated rings. The number of carbonyl (C=O) groups is 2. The molecule has 0 aliphatic rings. The van der Waals surface area contributed by atoms with Crippen LogP contribution in [0.3, 0.4) is 0 Å². The van der Waals surface area contributed by atoms with Crippen LogP contribution in [0.5, 0.6) is 5.75 Å². The number of rotatable bonds is 7. The van der Waals surface area contributed by atoms with Crippen molar-refractivity contribution in [2.75, 3.05) is 7.11 Å². The number of nitrogens with zero attached hydrogens (tertiary/aromatic N) is 1. The third kappa shape index (κ3) is 5.26. The number of pyridine rings is 1. The highest BCUT2D eigenvalue weighted by Crippen LogP contribution is 2.09. The van der Waals surface area contributed by atoms with Crippen LogP contribution in [-0.4, -0.2) is 35.1 Å². The van der Waals surface area contributed by atoms with Gasteiger partial charge in [0.1, 0.15) is 11.8 Å². The SMILES string of the molecule is COc1ccc(CC(=O)NC(CC(C)C)C(=O)O)nc1. The van der Waals surface area contributed by atoms with Gasteiger partial charge in [-0.25, -0.2) is 4.79 Å². The molecule has 110 valence electrons. The lowest BCUT2D eigenvalue weighted by Gasteiger charge is -2.16. The molecule has 0 saturated carbocycles. The van der Waals surface area contributed by atoms with Gasteiger partial charge in [-0.1, -0.05) is 13.8 Å². The zero-order chi connectivity index (χ0) is 15.1. The van der Waals surface area contributed by atoms with Gasteiger partial charge in [-0.15, -0.1) is 0 Å². The third-order valence-corrected chi connectivity index (χ3v) is 2.72. The van der Waals surface area contributed by atoms with E-state index in [0.29, 0.717) is 17.9 Å². The molecule has 0 saturated heterocycles. The number of methoxy groups -OCH3 is 1. The number of amides is 1. The monoisotopic (exact) mass is 280 g/mol. The molecule has 0 radical (unpaired) electrons. The second kappa shape index (κ2) is 7.47. The lowest BCUT2D eigenvalue weighted by molar-refractivity contribution is -0.142. The van der Waals surface area contributed by atoms with Crippen LogP contribution in [0.15, 0.2) is 18.3 Å². The van der Waals surface area contributed by atoms with Crippen LogP contribution in [-0.2, 0) is 16.0 Å². The Kier molecular flexibility index (Phi) is 5.96. The number of aliphatic carboxylic acids is 1. The van der Waals surface area contributed by atoms with Crippen LogP contribution >= 0.6 is 0 Å². The first-order valence-corrected chi connectivity index (χ1v) is 6.43. The number of ether oxygens (including phenoxy) is 1. The number of nitrogens with one attached hydrogen (secondary N) is 1. The molecule has 1 amide bonds. The maximum absolute atomic E-state index is 11.8. The first-order chi connectivity index (χ1) is 9.42. The van der Waals surface area contributed by atoms with Crippen molar-refractivity contribution in [3.63, 3.8) is 0 Å². The topological polar surface area (TPSA) is 88.5 Å². The number of carboxylic acid groups (broad SMARTS) is 1. The van der Waals surface area contributed by atoms with Crippen molar-refractivity contribution in [3.05, 3.63) is 24.0 Å². The smallest absolute Gasteiger partial charge is 0.326 e. The maximum atomic E-state index is 11.8. The molecule has 20 heavy (non-hydrogen) atoms. The lowest BCUT2D eigenvalue weighted by Crippen LogP contribution is -2.42. The molecular formula is C14H20N2O4. The normalized spacial score (nSPS) is 12.0. The van der Waals surface area contributed by atoms with Crippen LogP contribution in [0.2, 0.25) is 0 Å². The summed E-state index contributed by atoms with van der Waals surface area (Å²) < 4.78 is 4.97. The predicted octanol–water partition coefficient (Wildman–Crippen LogP) is 1.25. The van der Waals surface area contributed by atoms with Crippen molar-refractivity contribution in [3.8, 4) is 5.75 Å². The fourth-order valence-electron chi connectivity index (χ4n) is 1.74. The molecule has 1 atom stereocenters. The van der Waals surface area contributed by atoms with Crippen molar-refractivity contribution in [2.24, 2.45) is 5.92 Å². The molecule has 0 bridgehead atoms. The van der Waals surface area contributed by atoms with E-state index in [0.717, 1.165) is 0 Å². The lowest BCUT2D eigenvalue weighted by atomic mass is 10.0. The van der Waals surface area contributed by atoms with E-state index in [1.807, 2.05) is 13.8 Å². The predicted molar refractivity (Wildman–Crippen MR) is 73.5 cm³/mol. The van der Waals surface area contributed by atoms with Crippen molar-refractivity contribution < 1.29 is 19.4 Å². The average molecular weight is 280 g/mol. The van der Waals surface area contributed by atoms with Gasteiger partial charge in [0.25, 0.3) is 0 Å². The fourth-order valence-corrected chi connectivity index (χ4v) is 1.74. The highest BCUT2D eigenvalue weighted by atomic mass is 16.5. The maximum Gasteiger partial charge on any atom is 0.326 e. The Morgan fingerprint density at radius 2 is 2.10 bits per heavy atom. The molecule has 6 nitrogen and oxygen atoms in total. The van der Waals surface area contributed by atoms with E-state index in [2.05, 4.69) is 10.3 Å². The second-order valence-electron chi connectivity index (χ2n) is 4.95. The summed E-state index contributed by atoms with van der Waals surface area (Å²) in [7, 11) is 1.53. The quantitative estimate of drug-likeness (QED) is 0.784. The van der Waals surface area contributed by atoms with E-state index in [4.69, 9.17) is 9.84 Å². The minimum Gasteiger partial charge on any atom is -0.495 e. The highest BCUT2D eigenvalue weighted by molar-refractivity contribution is 5.84. The summed E-state index contributed by atoms with van der Waals surface area (Å²) in [5.41, 5.74) is 0.567. The molecule has 1 unspecified atom stereocenters. The summed E-state index contributed by atoms with van der Waals surface area (Å²) in [6, 6.07) is 2.52. The number of aromatic nitrogens is 1. The van der Waals surface area contributed by atoms with E-state index >= 15 is 0 Å². The van der Waals surface area contributed by atoms with Gasteiger partial charge in [-0.05, 0) is 24.5 Å². The zero-order valence-electron chi connectivity index (χ0n) is 11.9. The minimum atomic E-state index is -1.02. The third-order valence-electron chi connectivity index (χ3n) is 2.72. The van der Waals surface area contributed by atoms with Crippen molar-refractivity contribution in [1.29, 1.82) is 0 Å². The van der Waals surface area contributed by atoms with Gasteiger partial charge < -0.3 is 15.2 Å². The van der Waals surface area contributed by atoms with Crippen LogP contribution in [0.4, 0.5) is 0 Å². The van der Waals surface area contributed by atoms with Crippen LogP contribution in [0.25, 0.3) is 0 Å². The second-order valence-corrected chi connectivity index (χ2v) is 4.95. The molecule has 0 aromatic carbocycles. The Hall–Kier alpha value is -2.11. The molecule has 0 aliphatic heterocycles. The molecule has 0 spiro atoms. The summed E-state index contributed by atoms with van der Waals surface area (Å²) in [5.74, 6) is -0.571. The largest absolute Gasteiger partial charge is 0.495 e. The number of carboxylic acids is 1. The van der Waals surface area contributed by atoms with Crippen LogP contribution in [0, 0.1) is 5.92 Å². The van der Waals surface area contributed by atoms with Gasteiger partial charge in [0.05, 0.1) is 19.7 Å². The van der Waals surface area contributed by atoms with Crippen molar-refractivity contribution >= 4 is 11.9 Å². The first kappa shape index (κ1) is 15.9. The van der Waals surface area contributed by atoms with Gasteiger partial charge in [-0.3, -0.25) is 9.78 Å². The van der Waals surface area contributed by atoms with E-state index < -0.39 is 12.0 Å². The fraction of sp³-hybridized carbons (Fsp3) is 0.500. The Morgan fingerprint density at radius 1 is 1.40 bits per heavy atom. The number of hydrogen-bond donors (Lipinski definition) is 2. The van der Waals surface area contributed by atoms with Gasteiger partial charge in [0, 0.05) is 5.69 Å². The number of carbonyl (C=O) groups excluding carboxylic acids is 1. The summed E-state index contributed by atoms with van der Waals surface area (Å²) in [6.07, 6.45) is 1.97. The molecule has 6 heteroatoms. The Balaban J connectivity index is 2.58. The summed E-state index contributed by atoms with van der Waals surface area (Å²) in [5, 5.41) is 11.6. The Bertz CT molecular complexity index is 457. The van der Waals surface area contributed by atoms with Gasteiger partial charge in [0.2, 0.25) is 5.91 Å². The molecule has 1 aromatic heterocycles. The average Bonchev–Trinajstić information content (AvgIpc) is 2.38. The Morgan fingerprint density at radius 3 is 2.55 bits per heavy atom. The van der Waals surface area contributed by atoms with Gasteiger partial charge in [0.15, 0.2) is 0 Å². The number of hydrogen-bond acceptors (Lipinski definition) is 4. The van der Waals surface area contributed by atoms with E-state index in [9.17, 15) is 9.59 Å². The summed E-state index contributed by atoms with van der Waals surface area (Å²) in [6.45, 7) is 3.82. The van der Waals surface area contributed by atoms with Crippen molar-refractivity contribution in [1.82, 2.24) is 10.3 Å². The van der Waals surface area contributed by atoms with Gasteiger partial charge in [-0.2, -0.15) is 0 Å². The molecule has 2 N–H and O–H groups in total. The summed E-state index contributed by atoms with van der Waals surface area (Å²) in [4.78, 5) is 26.9. The van der Waals surface area contributed by atoms with Gasteiger partial charge >= 0.3 is 5.97 Å².